The Morgan fingerprint density at radius 3 is 2.53 bits per heavy atom. The third-order valence-electron chi connectivity index (χ3n) is 4.81. The number of rotatable bonds is 4. The van der Waals surface area contributed by atoms with E-state index in [0.717, 1.165) is 6.54 Å². The van der Waals surface area contributed by atoms with Crippen LogP contribution in [0.1, 0.15) is 11.4 Å². The summed E-state index contributed by atoms with van der Waals surface area (Å²) in [5.74, 6) is 0.545. The van der Waals surface area contributed by atoms with Gasteiger partial charge in [-0.3, -0.25) is 4.79 Å². The van der Waals surface area contributed by atoms with Gasteiger partial charge in [-0.2, -0.15) is 10.5 Å². The molecule has 30 heavy (non-hydrogen) atoms. The second kappa shape index (κ2) is 7.28. The Morgan fingerprint density at radius 2 is 1.83 bits per heavy atom. The number of hydrogen-bond acceptors (Lipinski definition) is 7. The number of hydrogen-bond donors (Lipinski definition) is 3. The third kappa shape index (κ3) is 3.02. The van der Waals surface area contributed by atoms with Crippen molar-refractivity contribution in [1.82, 2.24) is 24.5 Å². The number of para-hydroxylation sites is 1. The number of H-pyrrole nitrogens is 1. The summed E-state index contributed by atoms with van der Waals surface area (Å²) in [5, 5.41) is 19.2. The summed E-state index contributed by atoms with van der Waals surface area (Å²) in [5.41, 5.74) is 7.55. The Morgan fingerprint density at radius 1 is 1.13 bits per heavy atom. The summed E-state index contributed by atoms with van der Waals surface area (Å²) in [6, 6.07) is 10.8. The standard InChI is InChI=1S/C20H17N9O/c1-28(2)7-8-29-17(23)15(16-19(29)26-14(10-22)13(9-21)24-16)18-25-12-6-4-3-5-11(12)20(30)27-18/h3-6H,7-8,23H2,1-2H3,(H,25,27,30)/p+1. The molecule has 0 spiro atoms. The quantitative estimate of drug-likeness (QED) is 0.429. The molecule has 0 aliphatic heterocycles. The number of anilines is 1. The SMILES string of the molecule is C[NH+](C)CCn1c(N)c(-c2nc3ccccc3c(=O)[nH]2)c2nc(C#N)c(C#N)nc21. The molecule has 0 saturated carbocycles. The lowest BCUT2D eigenvalue weighted by atomic mass is 10.2. The van der Waals surface area contributed by atoms with Gasteiger partial charge in [0, 0.05) is 0 Å². The minimum atomic E-state index is -0.309. The van der Waals surface area contributed by atoms with Gasteiger partial charge in [-0.05, 0) is 12.1 Å². The normalized spacial score (nSPS) is 11.1. The van der Waals surface area contributed by atoms with Crippen LogP contribution in [0.3, 0.4) is 0 Å². The number of quaternary nitrogens is 1. The number of nitrogens with one attached hydrogen (secondary N) is 2. The molecule has 3 aromatic heterocycles. The van der Waals surface area contributed by atoms with E-state index in [0.29, 0.717) is 40.0 Å². The summed E-state index contributed by atoms with van der Waals surface area (Å²) >= 11 is 0. The summed E-state index contributed by atoms with van der Waals surface area (Å²) in [6.45, 7) is 1.24. The van der Waals surface area contributed by atoms with Crippen molar-refractivity contribution in [3.63, 3.8) is 0 Å². The van der Waals surface area contributed by atoms with Gasteiger partial charge in [-0.1, -0.05) is 12.1 Å². The average Bonchev–Trinajstić information content (AvgIpc) is 3.01. The van der Waals surface area contributed by atoms with Crippen LogP contribution in [0.4, 0.5) is 5.82 Å². The zero-order chi connectivity index (χ0) is 21.4. The van der Waals surface area contributed by atoms with E-state index < -0.39 is 0 Å². The number of nitrogens with two attached hydrogens (primary N) is 1. The molecule has 0 fully saturated rings. The van der Waals surface area contributed by atoms with Gasteiger partial charge in [0.15, 0.2) is 17.0 Å². The first kappa shape index (κ1) is 19.1. The maximum atomic E-state index is 12.6. The van der Waals surface area contributed by atoms with Crippen LogP contribution < -0.4 is 16.2 Å². The fourth-order valence-corrected chi connectivity index (χ4v) is 3.31. The summed E-state index contributed by atoms with van der Waals surface area (Å²) in [4.78, 5) is 29.8. The second-order valence-electron chi connectivity index (χ2n) is 7.12. The molecule has 10 nitrogen and oxygen atoms in total. The highest BCUT2D eigenvalue weighted by atomic mass is 16.1. The van der Waals surface area contributed by atoms with Crippen molar-refractivity contribution in [1.29, 1.82) is 10.5 Å². The molecule has 0 aliphatic rings. The van der Waals surface area contributed by atoms with Crippen molar-refractivity contribution in [2.45, 2.75) is 6.54 Å². The highest BCUT2D eigenvalue weighted by Crippen LogP contribution is 2.33. The number of aromatic nitrogens is 5. The van der Waals surface area contributed by atoms with Crippen LogP contribution in [0, 0.1) is 22.7 Å². The van der Waals surface area contributed by atoms with Gasteiger partial charge < -0.3 is 20.2 Å². The van der Waals surface area contributed by atoms with Gasteiger partial charge in [0.25, 0.3) is 5.56 Å². The maximum absolute atomic E-state index is 12.6. The van der Waals surface area contributed by atoms with Crippen molar-refractivity contribution in [3.05, 3.63) is 46.0 Å². The minimum absolute atomic E-state index is 0.0764. The molecule has 0 atom stereocenters. The van der Waals surface area contributed by atoms with Crippen LogP contribution in [0.5, 0.6) is 0 Å². The highest BCUT2D eigenvalue weighted by molar-refractivity contribution is 5.97. The van der Waals surface area contributed by atoms with Crippen LogP contribution in [0.25, 0.3) is 33.5 Å². The van der Waals surface area contributed by atoms with Gasteiger partial charge in [-0.25, -0.2) is 15.0 Å². The number of aromatic amines is 1. The third-order valence-corrected chi connectivity index (χ3v) is 4.81. The number of benzene rings is 1. The van der Waals surface area contributed by atoms with E-state index in [4.69, 9.17) is 5.73 Å². The zero-order valence-electron chi connectivity index (χ0n) is 16.4. The van der Waals surface area contributed by atoms with Crippen molar-refractivity contribution in [2.75, 3.05) is 26.4 Å². The molecule has 4 N–H and O–H groups in total. The Balaban J connectivity index is 2.07. The zero-order valence-corrected chi connectivity index (χ0v) is 16.4. The first-order valence-corrected chi connectivity index (χ1v) is 9.23. The molecule has 0 bridgehead atoms. The minimum Gasteiger partial charge on any atom is -0.384 e. The summed E-state index contributed by atoms with van der Waals surface area (Å²) in [7, 11) is 4.01. The first-order valence-electron chi connectivity index (χ1n) is 9.23. The average molecular weight is 400 g/mol. The van der Waals surface area contributed by atoms with Crippen LogP contribution in [-0.4, -0.2) is 45.1 Å². The largest absolute Gasteiger partial charge is 0.384 e. The molecule has 1 aromatic carbocycles. The van der Waals surface area contributed by atoms with Crippen LogP contribution in [0.15, 0.2) is 29.1 Å². The number of nitrogens with zero attached hydrogens (tertiary/aromatic N) is 6. The van der Waals surface area contributed by atoms with E-state index in [-0.39, 0.29) is 22.8 Å². The molecule has 4 rings (SSSR count). The topological polar surface area (TPSA) is 154 Å². The number of nitriles is 2. The number of fused-ring (bicyclic) bond motifs is 2. The highest BCUT2D eigenvalue weighted by Gasteiger charge is 2.24. The van der Waals surface area contributed by atoms with Crippen molar-refractivity contribution < 1.29 is 4.90 Å². The van der Waals surface area contributed by atoms with Gasteiger partial charge >= 0.3 is 0 Å². The van der Waals surface area contributed by atoms with Crippen LogP contribution in [-0.2, 0) is 6.54 Å². The van der Waals surface area contributed by atoms with Crippen molar-refractivity contribution in [2.24, 2.45) is 0 Å². The molecule has 0 aliphatic carbocycles. The van der Waals surface area contributed by atoms with E-state index in [1.165, 1.54) is 4.90 Å². The number of likely N-dealkylation sites (N-methyl/N-ethyl adjacent to an activating group) is 1. The van der Waals surface area contributed by atoms with E-state index in [9.17, 15) is 15.3 Å². The predicted molar refractivity (Wildman–Crippen MR) is 110 cm³/mol. The van der Waals surface area contributed by atoms with Gasteiger partial charge in [-0.15, -0.1) is 0 Å². The molecule has 0 saturated heterocycles. The molecule has 148 valence electrons. The number of nitrogen functional groups attached to an aromatic ring is 1. The van der Waals surface area contributed by atoms with Crippen LogP contribution >= 0.6 is 0 Å². The maximum Gasteiger partial charge on any atom is 0.259 e. The van der Waals surface area contributed by atoms with Crippen molar-refractivity contribution >= 4 is 27.9 Å². The van der Waals surface area contributed by atoms with E-state index in [2.05, 4.69) is 19.9 Å². The predicted octanol–water partition coefficient (Wildman–Crippen LogP) is -0.195. The Kier molecular flexibility index (Phi) is 4.62. The lowest BCUT2D eigenvalue weighted by Crippen LogP contribution is -3.06. The van der Waals surface area contributed by atoms with Crippen LogP contribution in [0.2, 0.25) is 0 Å². The van der Waals surface area contributed by atoms with Gasteiger partial charge in [0.1, 0.15) is 29.3 Å². The smallest absolute Gasteiger partial charge is 0.259 e. The molecular weight excluding hydrogens is 382 g/mol. The molecule has 0 unspecified atom stereocenters. The Labute approximate surface area is 170 Å². The van der Waals surface area contributed by atoms with Gasteiger partial charge in [0.2, 0.25) is 0 Å². The monoisotopic (exact) mass is 400 g/mol. The molecular formula is C20H18N9O+. The molecule has 3 heterocycles. The van der Waals surface area contributed by atoms with E-state index in [1.807, 2.05) is 26.2 Å². The van der Waals surface area contributed by atoms with E-state index in [1.54, 1.807) is 28.8 Å². The molecule has 4 aromatic rings. The molecule has 10 heteroatoms. The lowest BCUT2D eigenvalue weighted by molar-refractivity contribution is -0.858. The Hall–Kier alpha value is -4.28. The second-order valence-corrected chi connectivity index (χ2v) is 7.12. The molecule has 0 amide bonds. The van der Waals surface area contributed by atoms with Gasteiger partial charge in [0.05, 0.1) is 43.7 Å². The Bertz CT molecular complexity index is 1430. The lowest BCUT2D eigenvalue weighted by Gasteiger charge is -2.10. The first-order chi connectivity index (χ1) is 14.4. The molecule has 0 radical (unpaired) electrons. The fraction of sp³-hybridized carbons (Fsp3) is 0.200. The fourth-order valence-electron chi connectivity index (χ4n) is 3.31. The van der Waals surface area contributed by atoms with Crippen molar-refractivity contribution in [3.8, 4) is 23.5 Å². The summed E-state index contributed by atoms with van der Waals surface area (Å²) in [6.07, 6.45) is 0. The summed E-state index contributed by atoms with van der Waals surface area (Å²) < 4.78 is 1.74. The van der Waals surface area contributed by atoms with E-state index >= 15 is 0 Å².